The van der Waals surface area contributed by atoms with Gasteiger partial charge in [-0.05, 0) is 18.4 Å². The molecule has 0 saturated carbocycles. The molecule has 0 bridgehead atoms. The minimum Gasteiger partial charge on any atom is -0.358 e. The zero-order chi connectivity index (χ0) is 16.4. The summed E-state index contributed by atoms with van der Waals surface area (Å²) in [7, 11) is 1.60. The van der Waals surface area contributed by atoms with Crippen LogP contribution in [0.1, 0.15) is 6.92 Å². The summed E-state index contributed by atoms with van der Waals surface area (Å²) < 4.78 is 1.64. The fraction of sp³-hybridized carbons (Fsp3) is 0.267. The summed E-state index contributed by atoms with van der Waals surface area (Å²) in [6, 6.07) is 3.99. The maximum Gasteiger partial charge on any atom is 0.263 e. The van der Waals surface area contributed by atoms with Gasteiger partial charge in [-0.25, -0.2) is 4.98 Å². The van der Waals surface area contributed by atoms with Gasteiger partial charge in [0.1, 0.15) is 4.83 Å². The predicted molar refractivity (Wildman–Crippen MR) is 97.7 cm³/mol. The number of rotatable bonds is 5. The molecule has 1 amide bonds. The first kappa shape index (κ1) is 16.2. The molecule has 120 valence electrons. The van der Waals surface area contributed by atoms with Gasteiger partial charge in [0.25, 0.3) is 5.56 Å². The van der Waals surface area contributed by atoms with Gasteiger partial charge in [0, 0.05) is 29.4 Å². The smallest absolute Gasteiger partial charge is 0.263 e. The second kappa shape index (κ2) is 6.86. The average molecular weight is 366 g/mol. The highest BCUT2D eigenvalue weighted by Crippen LogP contribution is 2.34. The number of aromatic nitrogens is 2. The Kier molecular flexibility index (Phi) is 4.84. The molecule has 0 radical (unpaired) electrons. The van der Waals surface area contributed by atoms with E-state index in [1.165, 1.54) is 23.1 Å². The molecule has 0 fully saturated rings. The number of thiophene rings is 2. The van der Waals surface area contributed by atoms with Crippen LogP contribution in [0.4, 0.5) is 0 Å². The molecular weight excluding hydrogens is 350 g/mol. The van der Waals surface area contributed by atoms with Crippen molar-refractivity contribution < 1.29 is 4.79 Å². The second-order valence-corrected chi connectivity index (χ2v) is 7.46. The van der Waals surface area contributed by atoms with Gasteiger partial charge in [-0.1, -0.05) is 17.8 Å². The number of fused-ring (bicyclic) bond motifs is 1. The van der Waals surface area contributed by atoms with E-state index in [1.54, 1.807) is 23.0 Å². The number of nitrogens with zero attached hydrogens (tertiary/aromatic N) is 2. The van der Waals surface area contributed by atoms with Crippen molar-refractivity contribution in [2.75, 3.05) is 12.8 Å². The maximum absolute atomic E-state index is 12.9. The third kappa shape index (κ3) is 3.06. The predicted octanol–water partition coefficient (Wildman–Crippen LogP) is 3.04. The third-order valence-corrected chi connectivity index (χ3v) is 6.12. The van der Waals surface area contributed by atoms with Gasteiger partial charge in [-0.2, -0.15) is 0 Å². The van der Waals surface area contributed by atoms with E-state index in [2.05, 4.69) is 10.3 Å². The van der Waals surface area contributed by atoms with Crippen molar-refractivity contribution in [2.45, 2.75) is 18.6 Å². The topological polar surface area (TPSA) is 64.0 Å². The van der Waals surface area contributed by atoms with Crippen LogP contribution in [-0.4, -0.2) is 28.3 Å². The van der Waals surface area contributed by atoms with Crippen LogP contribution in [0.5, 0.6) is 0 Å². The van der Waals surface area contributed by atoms with Crippen molar-refractivity contribution in [3.63, 3.8) is 0 Å². The van der Waals surface area contributed by atoms with Crippen molar-refractivity contribution in [3.8, 4) is 10.4 Å². The first-order valence-electron chi connectivity index (χ1n) is 7.05. The van der Waals surface area contributed by atoms with E-state index in [4.69, 9.17) is 0 Å². The summed E-state index contributed by atoms with van der Waals surface area (Å²) in [6.07, 6.45) is 0. The molecule has 3 aromatic rings. The molecule has 0 unspecified atom stereocenters. The first-order chi connectivity index (χ1) is 11.2. The standard InChI is InChI=1S/C15H15N3O2S3/c1-3-18-14(20)12-9(10-5-4-6-21-10)7-22-13(12)17-15(18)23-8-11(19)16-2/h4-7H,3,8H2,1-2H3,(H,16,19). The molecule has 3 heterocycles. The summed E-state index contributed by atoms with van der Waals surface area (Å²) in [4.78, 5) is 30.8. The molecule has 0 atom stereocenters. The largest absolute Gasteiger partial charge is 0.358 e. The second-order valence-electron chi connectivity index (χ2n) is 4.71. The van der Waals surface area contributed by atoms with Gasteiger partial charge in [0.05, 0.1) is 11.1 Å². The molecular formula is C15H15N3O2S3. The van der Waals surface area contributed by atoms with E-state index in [-0.39, 0.29) is 17.2 Å². The Labute approximate surface area is 145 Å². The minimum atomic E-state index is -0.0857. The summed E-state index contributed by atoms with van der Waals surface area (Å²) in [6.45, 7) is 2.44. The molecule has 0 saturated heterocycles. The van der Waals surface area contributed by atoms with Gasteiger partial charge >= 0.3 is 0 Å². The van der Waals surface area contributed by atoms with Crippen molar-refractivity contribution >= 4 is 50.6 Å². The van der Waals surface area contributed by atoms with Crippen LogP contribution in [0, 0.1) is 0 Å². The maximum atomic E-state index is 12.9. The monoisotopic (exact) mass is 365 g/mol. The lowest BCUT2D eigenvalue weighted by Crippen LogP contribution is -2.24. The van der Waals surface area contributed by atoms with E-state index < -0.39 is 0 Å². The lowest BCUT2D eigenvalue weighted by atomic mass is 10.2. The molecule has 0 aromatic carbocycles. The van der Waals surface area contributed by atoms with Crippen LogP contribution in [0.25, 0.3) is 20.7 Å². The number of amides is 1. The fourth-order valence-corrected chi connectivity index (χ4v) is 4.95. The van der Waals surface area contributed by atoms with E-state index in [1.807, 2.05) is 29.8 Å². The normalized spacial score (nSPS) is 11.0. The van der Waals surface area contributed by atoms with Crippen molar-refractivity contribution in [1.29, 1.82) is 0 Å². The van der Waals surface area contributed by atoms with Gasteiger partial charge in [-0.3, -0.25) is 14.2 Å². The lowest BCUT2D eigenvalue weighted by Gasteiger charge is -2.09. The Hall–Kier alpha value is -1.64. The molecule has 3 aromatic heterocycles. The zero-order valence-corrected chi connectivity index (χ0v) is 15.1. The Bertz CT molecular complexity index is 897. The van der Waals surface area contributed by atoms with Gasteiger partial charge in [-0.15, -0.1) is 22.7 Å². The van der Waals surface area contributed by atoms with E-state index in [9.17, 15) is 9.59 Å². The van der Waals surface area contributed by atoms with Crippen molar-refractivity contribution in [2.24, 2.45) is 0 Å². The Morgan fingerprint density at radius 1 is 1.43 bits per heavy atom. The van der Waals surface area contributed by atoms with E-state index in [0.29, 0.717) is 17.1 Å². The quantitative estimate of drug-likeness (QED) is 0.558. The highest BCUT2D eigenvalue weighted by molar-refractivity contribution is 7.99. The van der Waals surface area contributed by atoms with Gasteiger partial charge in [0.15, 0.2) is 5.16 Å². The third-order valence-electron chi connectivity index (χ3n) is 3.37. The summed E-state index contributed by atoms with van der Waals surface area (Å²) in [5.41, 5.74) is 0.907. The fourth-order valence-electron chi connectivity index (χ4n) is 2.21. The molecule has 3 rings (SSSR count). The molecule has 0 aliphatic carbocycles. The van der Waals surface area contributed by atoms with Crippen LogP contribution < -0.4 is 10.9 Å². The molecule has 8 heteroatoms. The molecule has 0 spiro atoms. The Balaban J connectivity index is 2.11. The lowest BCUT2D eigenvalue weighted by molar-refractivity contribution is -0.118. The van der Waals surface area contributed by atoms with Crippen molar-refractivity contribution in [1.82, 2.24) is 14.9 Å². The SMILES string of the molecule is CCn1c(SCC(=O)NC)nc2scc(-c3cccs3)c2c1=O. The molecule has 1 N–H and O–H groups in total. The van der Waals surface area contributed by atoms with E-state index in [0.717, 1.165) is 15.3 Å². The van der Waals surface area contributed by atoms with E-state index >= 15 is 0 Å². The van der Waals surface area contributed by atoms with Crippen LogP contribution in [0.15, 0.2) is 32.8 Å². The number of hydrogen-bond acceptors (Lipinski definition) is 6. The summed E-state index contributed by atoms with van der Waals surface area (Å²) in [5, 5.41) is 7.82. The Morgan fingerprint density at radius 2 is 2.26 bits per heavy atom. The van der Waals surface area contributed by atoms with Crippen LogP contribution in [0.2, 0.25) is 0 Å². The van der Waals surface area contributed by atoms with Crippen LogP contribution >= 0.6 is 34.4 Å². The number of thioether (sulfide) groups is 1. The van der Waals surface area contributed by atoms with Crippen LogP contribution in [-0.2, 0) is 11.3 Å². The molecule has 5 nitrogen and oxygen atoms in total. The van der Waals surface area contributed by atoms with Gasteiger partial charge < -0.3 is 5.32 Å². The molecule has 0 aliphatic rings. The number of carbonyl (C=O) groups excluding carboxylic acids is 1. The number of hydrogen-bond donors (Lipinski definition) is 1. The highest BCUT2D eigenvalue weighted by atomic mass is 32.2. The summed E-state index contributed by atoms with van der Waals surface area (Å²) in [5.74, 6) is 0.162. The van der Waals surface area contributed by atoms with Gasteiger partial charge in [0.2, 0.25) is 5.91 Å². The zero-order valence-electron chi connectivity index (χ0n) is 12.7. The van der Waals surface area contributed by atoms with Crippen LogP contribution in [0.3, 0.4) is 0 Å². The average Bonchev–Trinajstić information content (AvgIpc) is 3.21. The minimum absolute atomic E-state index is 0.0402. The van der Waals surface area contributed by atoms with Crippen molar-refractivity contribution in [3.05, 3.63) is 33.2 Å². The highest BCUT2D eigenvalue weighted by Gasteiger charge is 2.17. The molecule has 23 heavy (non-hydrogen) atoms. The number of nitrogens with one attached hydrogen (secondary N) is 1. The molecule has 0 aliphatic heterocycles. The summed E-state index contributed by atoms with van der Waals surface area (Å²) >= 11 is 4.37. The Morgan fingerprint density at radius 3 is 2.91 bits per heavy atom. The number of carbonyl (C=O) groups is 1. The first-order valence-corrected chi connectivity index (χ1v) is 9.79.